The number of carbonyl (C=O) groups is 2. The summed E-state index contributed by atoms with van der Waals surface area (Å²) in [6, 6.07) is 6.58. The molecule has 0 bridgehead atoms. The lowest BCUT2D eigenvalue weighted by atomic mass is 10.2. The van der Waals surface area contributed by atoms with Gasteiger partial charge in [-0.1, -0.05) is 6.58 Å². The Kier molecular flexibility index (Phi) is 2.97. The molecule has 0 aromatic heterocycles. The van der Waals surface area contributed by atoms with E-state index in [1.165, 1.54) is 6.08 Å². The number of benzene rings is 1. The highest BCUT2D eigenvalue weighted by atomic mass is 16.1. The van der Waals surface area contributed by atoms with E-state index in [4.69, 9.17) is 0 Å². The van der Waals surface area contributed by atoms with Crippen LogP contribution in [0.1, 0.15) is 10.4 Å². The van der Waals surface area contributed by atoms with Crippen molar-refractivity contribution in [1.29, 1.82) is 0 Å². The Hall–Kier alpha value is -1.90. The quantitative estimate of drug-likeness (QED) is 0.560. The topological polar surface area (TPSA) is 46.2 Å². The summed E-state index contributed by atoms with van der Waals surface area (Å²) in [7, 11) is 0. The molecular weight excluding hydrogens is 166 g/mol. The maximum Gasteiger partial charge on any atom is 0.247 e. The molecule has 13 heavy (non-hydrogen) atoms. The SMILES string of the molecule is C=CC(=O)Nc1ccc(C=O)cc1. The summed E-state index contributed by atoms with van der Waals surface area (Å²) in [4.78, 5) is 21.1. The lowest BCUT2D eigenvalue weighted by Gasteiger charge is -2.00. The van der Waals surface area contributed by atoms with Gasteiger partial charge in [-0.15, -0.1) is 0 Å². The van der Waals surface area contributed by atoms with Gasteiger partial charge in [0.1, 0.15) is 6.29 Å². The Balaban J connectivity index is 2.74. The molecule has 1 rings (SSSR count). The van der Waals surface area contributed by atoms with Gasteiger partial charge in [0.15, 0.2) is 0 Å². The molecule has 3 heteroatoms. The van der Waals surface area contributed by atoms with Gasteiger partial charge in [0.25, 0.3) is 0 Å². The lowest BCUT2D eigenvalue weighted by Crippen LogP contribution is -2.06. The van der Waals surface area contributed by atoms with E-state index in [1.54, 1.807) is 24.3 Å². The van der Waals surface area contributed by atoms with Gasteiger partial charge in [0.2, 0.25) is 5.91 Å². The van der Waals surface area contributed by atoms with Gasteiger partial charge >= 0.3 is 0 Å². The summed E-state index contributed by atoms with van der Waals surface area (Å²) in [6.45, 7) is 3.32. The maximum atomic E-state index is 10.8. The standard InChI is InChI=1S/C10H9NO2/c1-2-10(13)11-9-5-3-8(7-12)4-6-9/h2-7H,1H2,(H,11,13). The number of hydrogen-bond donors (Lipinski definition) is 1. The third-order valence-electron chi connectivity index (χ3n) is 1.50. The first-order chi connectivity index (χ1) is 6.26. The van der Waals surface area contributed by atoms with Crippen molar-refractivity contribution >= 4 is 17.9 Å². The first-order valence-corrected chi connectivity index (χ1v) is 3.75. The molecule has 1 aromatic carbocycles. The van der Waals surface area contributed by atoms with E-state index in [9.17, 15) is 9.59 Å². The molecule has 0 aliphatic carbocycles. The van der Waals surface area contributed by atoms with Crippen LogP contribution in [0.3, 0.4) is 0 Å². The van der Waals surface area contributed by atoms with Crippen molar-refractivity contribution in [2.24, 2.45) is 0 Å². The number of nitrogens with one attached hydrogen (secondary N) is 1. The summed E-state index contributed by atoms with van der Waals surface area (Å²) < 4.78 is 0. The highest BCUT2D eigenvalue weighted by Crippen LogP contribution is 2.07. The van der Waals surface area contributed by atoms with E-state index < -0.39 is 0 Å². The first kappa shape index (κ1) is 9.19. The molecule has 0 saturated heterocycles. The van der Waals surface area contributed by atoms with Crippen molar-refractivity contribution in [2.45, 2.75) is 0 Å². The van der Waals surface area contributed by atoms with E-state index in [1.807, 2.05) is 0 Å². The van der Waals surface area contributed by atoms with Crippen LogP contribution >= 0.6 is 0 Å². The number of hydrogen-bond acceptors (Lipinski definition) is 2. The van der Waals surface area contributed by atoms with Crippen molar-refractivity contribution in [3.8, 4) is 0 Å². The second-order valence-corrected chi connectivity index (χ2v) is 2.43. The zero-order chi connectivity index (χ0) is 9.68. The summed E-state index contributed by atoms with van der Waals surface area (Å²) >= 11 is 0. The fourth-order valence-corrected chi connectivity index (χ4v) is 0.838. The number of carbonyl (C=O) groups excluding carboxylic acids is 2. The Morgan fingerprint density at radius 2 is 1.92 bits per heavy atom. The smallest absolute Gasteiger partial charge is 0.247 e. The molecule has 0 atom stereocenters. The fraction of sp³-hybridized carbons (Fsp3) is 0. The highest BCUT2D eigenvalue weighted by Gasteiger charge is 1.95. The van der Waals surface area contributed by atoms with Crippen LogP contribution in [0.2, 0.25) is 0 Å². The molecule has 0 unspecified atom stereocenters. The van der Waals surface area contributed by atoms with Gasteiger partial charge in [0, 0.05) is 11.3 Å². The second-order valence-electron chi connectivity index (χ2n) is 2.43. The summed E-state index contributed by atoms with van der Waals surface area (Å²) in [5.74, 6) is -0.265. The average Bonchev–Trinajstić information content (AvgIpc) is 2.19. The van der Waals surface area contributed by atoms with Crippen LogP contribution in [0, 0.1) is 0 Å². The molecule has 0 aliphatic heterocycles. The maximum absolute atomic E-state index is 10.8. The molecule has 0 saturated carbocycles. The second kappa shape index (κ2) is 4.21. The molecule has 1 aromatic rings. The van der Waals surface area contributed by atoms with Crippen molar-refractivity contribution in [2.75, 3.05) is 5.32 Å². The van der Waals surface area contributed by atoms with Gasteiger partial charge in [-0.2, -0.15) is 0 Å². The molecular formula is C10H9NO2. The Morgan fingerprint density at radius 3 is 2.38 bits per heavy atom. The van der Waals surface area contributed by atoms with E-state index in [2.05, 4.69) is 11.9 Å². The first-order valence-electron chi connectivity index (χ1n) is 3.75. The zero-order valence-electron chi connectivity index (χ0n) is 6.99. The van der Waals surface area contributed by atoms with Crippen molar-refractivity contribution in [3.05, 3.63) is 42.5 Å². The van der Waals surface area contributed by atoms with Crippen molar-refractivity contribution in [3.63, 3.8) is 0 Å². The summed E-state index contributed by atoms with van der Waals surface area (Å²) in [6.07, 6.45) is 1.94. The zero-order valence-corrected chi connectivity index (χ0v) is 6.99. The average molecular weight is 175 g/mol. The summed E-state index contributed by atoms with van der Waals surface area (Å²) in [5, 5.41) is 2.57. The normalized spacial score (nSPS) is 8.92. The van der Waals surface area contributed by atoms with Crippen LogP contribution < -0.4 is 5.32 Å². The highest BCUT2D eigenvalue weighted by molar-refractivity contribution is 5.99. The van der Waals surface area contributed by atoms with E-state index in [0.717, 1.165) is 6.29 Å². The van der Waals surface area contributed by atoms with Gasteiger partial charge in [-0.3, -0.25) is 9.59 Å². The number of anilines is 1. The van der Waals surface area contributed by atoms with Crippen LogP contribution in [0.25, 0.3) is 0 Å². The van der Waals surface area contributed by atoms with Gasteiger partial charge in [-0.25, -0.2) is 0 Å². The Labute approximate surface area is 76.1 Å². The summed E-state index contributed by atoms with van der Waals surface area (Å²) in [5.41, 5.74) is 1.23. The van der Waals surface area contributed by atoms with E-state index >= 15 is 0 Å². The Bertz CT molecular complexity index is 327. The predicted octanol–water partition coefficient (Wildman–Crippen LogP) is 1.62. The van der Waals surface area contributed by atoms with Gasteiger partial charge < -0.3 is 5.32 Å². The third-order valence-corrected chi connectivity index (χ3v) is 1.50. The minimum absolute atomic E-state index is 0.265. The molecule has 0 radical (unpaired) electrons. The molecule has 0 fully saturated rings. The van der Waals surface area contributed by atoms with Crippen LogP contribution in [-0.2, 0) is 4.79 Å². The van der Waals surface area contributed by atoms with Crippen LogP contribution in [0.5, 0.6) is 0 Å². The third kappa shape index (κ3) is 2.56. The van der Waals surface area contributed by atoms with Gasteiger partial charge in [0.05, 0.1) is 0 Å². The van der Waals surface area contributed by atoms with Gasteiger partial charge in [-0.05, 0) is 30.3 Å². The van der Waals surface area contributed by atoms with Crippen LogP contribution in [0.15, 0.2) is 36.9 Å². The van der Waals surface area contributed by atoms with Crippen molar-refractivity contribution < 1.29 is 9.59 Å². The Morgan fingerprint density at radius 1 is 1.31 bits per heavy atom. The minimum Gasteiger partial charge on any atom is -0.323 e. The van der Waals surface area contributed by atoms with Crippen LogP contribution in [0.4, 0.5) is 5.69 Å². The molecule has 0 aliphatic rings. The van der Waals surface area contributed by atoms with Crippen molar-refractivity contribution in [1.82, 2.24) is 0 Å². The molecule has 1 amide bonds. The monoisotopic (exact) mass is 175 g/mol. The largest absolute Gasteiger partial charge is 0.323 e. The molecule has 0 spiro atoms. The molecule has 1 N–H and O–H groups in total. The number of amides is 1. The fourth-order valence-electron chi connectivity index (χ4n) is 0.838. The molecule has 66 valence electrons. The number of rotatable bonds is 3. The number of aldehydes is 1. The van der Waals surface area contributed by atoms with E-state index in [-0.39, 0.29) is 5.91 Å². The molecule has 3 nitrogen and oxygen atoms in total. The van der Waals surface area contributed by atoms with E-state index in [0.29, 0.717) is 11.3 Å². The minimum atomic E-state index is -0.265. The lowest BCUT2D eigenvalue weighted by molar-refractivity contribution is -0.111. The predicted molar refractivity (Wildman–Crippen MR) is 50.7 cm³/mol. The van der Waals surface area contributed by atoms with Crippen LogP contribution in [-0.4, -0.2) is 12.2 Å². The molecule has 0 heterocycles.